The lowest BCUT2D eigenvalue weighted by Crippen LogP contribution is -2.49. The van der Waals surface area contributed by atoms with E-state index in [2.05, 4.69) is 50.5 Å². The molecule has 0 unspecified atom stereocenters. The summed E-state index contributed by atoms with van der Waals surface area (Å²) >= 11 is 6.07. The quantitative estimate of drug-likeness (QED) is 0.587. The highest BCUT2D eigenvalue weighted by Crippen LogP contribution is 2.15. The molecule has 1 aliphatic heterocycles. The highest BCUT2D eigenvalue weighted by atomic mass is 35.5. The fraction of sp³-hybridized carbons (Fsp3) is 0.333. The van der Waals surface area contributed by atoms with Gasteiger partial charge in [0.1, 0.15) is 5.82 Å². The average molecular weight is 438 g/mol. The number of anilines is 1. The summed E-state index contributed by atoms with van der Waals surface area (Å²) in [7, 11) is 0. The smallest absolute Gasteiger partial charge is 0.239 e. The molecule has 1 amide bonds. The Balaban J connectivity index is 1.22. The van der Waals surface area contributed by atoms with Gasteiger partial charge in [-0.3, -0.25) is 9.69 Å². The van der Waals surface area contributed by atoms with Crippen LogP contribution in [-0.4, -0.2) is 64.8 Å². The largest absolute Gasteiger partial charge is 0.310 e. The number of nitrogens with zero attached hydrogens (tertiary/aromatic N) is 4. The fourth-order valence-corrected chi connectivity index (χ4v) is 4.07. The molecular weight excluding hydrogens is 410 g/mol. The molecule has 1 saturated heterocycles. The Bertz CT molecular complexity index is 982. The zero-order valence-electron chi connectivity index (χ0n) is 17.6. The van der Waals surface area contributed by atoms with Crippen molar-refractivity contribution < 1.29 is 4.79 Å². The molecule has 31 heavy (non-hydrogen) atoms. The predicted molar refractivity (Wildman–Crippen MR) is 124 cm³/mol. The van der Waals surface area contributed by atoms with Crippen molar-refractivity contribution >= 4 is 23.3 Å². The molecule has 1 fully saturated rings. The normalized spacial score (nSPS) is 15.1. The van der Waals surface area contributed by atoms with E-state index in [9.17, 15) is 4.79 Å². The van der Waals surface area contributed by atoms with Crippen molar-refractivity contribution in [3.63, 3.8) is 0 Å². The maximum Gasteiger partial charge on any atom is 0.239 e. The number of carbonyl (C=O) groups is 1. The number of nitrogens with one attached hydrogen (secondary N) is 1. The van der Waals surface area contributed by atoms with E-state index in [1.54, 1.807) is 10.9 Å². The van der Waals surface area contributed by atoms with Crippen molar-refractivity contribution in [1.29, 1.82) is 0 Å². The lowest BCUT2D eigenvalue weighted by molar-refractivity contribution is -0.117. The summed E-state index contributed by atoms with van der Waals surface area (Å²) in [6.07, 6.45) is 2.77. The Kier molecular flexibility index (Phi) is 7.35. The number of halogens is 1. The molecule has 7 heteroatoms. The van der Waals surface area contributed by atoms with Crippen molar-refractivity contribution in [2.75, 3.05) is 44.6 Å². The van der Waals surface area contributed by atoms with E-state index in [1.807, 2.05) is 30.3 Å². The molecule has 4 rings (SSSR count). The van der Waals surface area contributed by atoms with Gasteiger partial charge in [-0.15, -0.1) is 0 Å². The first-order chi connectivity index (χ1) is 15.2. The van der Waals surface area contributed by atoms with E-state index in [4.69, 9.17) is 11.6 Å². The van der Waals surface area contributed by atoms with Gasteiger partial charge in [0.05, 0.1) is 19.3 Å². The van der Waals surface area contributed by atoms with Gasteiger partial charge in [0.15, 0.2) is 0 Å². The summed E-state index contributed by atoms with van der Waals surface area (Å²) in [6.45, 7) is 5.82. The van der Waals surface area contributed by atoms with Crippen LogP contribution in [0.4, 0.5) is 5.82 Å². The molecule has 0 radical (unpaired) electrons. The van der Waals surface area contributed by atoms with Crippen LogP contribution in [0.15, 0.2) is 66.9 Å². The van der Waals surface area contributed by atoms with Gasteiger partial charge in [-0.1, -0.05) is 54.1 Å². The van der Waals surface area contributed by atoms with Gasteiger partial charge in [0.25, 0.3) is 0 Å². The second-order valence-electron chi connectivity index (χ2n) is 7.91. The van der Waals surface area contributed by atoms with Crippen molar-refractivity contribution in [3.8, 4) is 0 Å². The molecule has 1 aliphatic rings. The van der Waals surface area contributed by atoms with Crippen LogP contribution in [0.25, 0.3) is 0 Å². The molecule has 3 aromatic rings. The molecule has 2 heterocycles. The van der Waals surface area contributed by atoms with Crippen LogP contribution in [0.5, 0.6) is 0 Å². The van der Waals surface area contributed by atoms with Gasteiger partial charge >= 0.3 is 0 Å². The summed E-state index contributed by atoms with van der Waals surface area (Å²) in [5.74, 6) is 0.692. The third-order valence-corrected chi connectivity index (χ3v) is 5.83. The third kappa shape index (κ3) is 6.40. The Labute approximate surface area is 188 Å². The molecule has 0 spiro atoms. The predicted octanol–water partition coefficient (Wildman–Crippen LogP) is 3.38. The van der Waals surface area contributed by atoms with Gasteiger partial charge in [-0.2, -0.15) is 5.10 Å². The molecule has 6 nitrogen and oxygen atoms in total. The topological polar surface area (TPSA) is 53.4 Å². The first-order valence-electron chi connectivity index (χ1n) is 10.7. The molecule has 0 saturated carbocycles. The van der Waals surface area contributed by atoms with E-state index < -0.39 is 0 Å². The number of rotatable bonds is 8. The van der Waals surface area contributed by atoms with Crippen molar-refractivity contribution in [2.45, 2.75) is 13.0 Å². The lowest BCUT2D eigenvalue weighted by Gasteiger charge is -2.34. The van der Waals surface area contributed by atoms with Crippen LogP contribution in [-0.2, 0) is 17.8 Å². The highest BCUT2D eigenvalue weighted by molar-refractivity contribution is 6.30. The second kappa shape index (κ2) is 10.6. The lowest BCUT2D eigenvalue weighted by atomic mass is 10.1. The van der Waals surface area contributed by atoms with Gasteiger partial charge in [0.2, 0.25) is 5.91 Å². The first kappa shape index (κ1) is 21.6. The molecule has 2 aromatic carbocycles. The van der Waals surface area contributed by atoms with Crippen LogP contribution in [0.3, 0.4) is 0 Å². The van der Waals surface area contributed by atoms with E-state index in [1.165, 1.54) is 5.56 Å². The molecule has 1 aromatic heterocycles. The number of amides is 1. The summed E-state index contributed by atoms with van der Waals surface area (Å²) in [4.78, 5) is 17.3. The van der Waals surface area contributed by atoms with E-state index in [0.29, 0.717) is 23.9 Å². The van der Waals surface area contributed by atoms with Crippen LogP contribution in [0.2, 0.25) is 5.02 Å². The highest BCUT2D eigenvalue weighted by Gasteiger charge is 2.19. The fourth-order valence-electron chi connectivity index (χ4n) is 3.86. The van der Waals surface area contributed by atoms with Crippen molar-refractivity contribution in [1.82, 2.24) is 19.6 Å². The number of hydrogen-bond donors (Lipinski definition) is 1. The summed E-state index contributed by atoms with van der Waals surface area (Å²) in [6, 6.07) is 20.1. The molecular formula is C24H28ClN5O. The standard InChI is InChI=1S/C24H28ClN5O/c25-22-8-4-7-21(17-22)18-30-23(9-11-26-30)27-24(31)19-29-15-13-28(14-16-29)12-10-20-5-2-1-3-6-20/h1-9,11,17H,10,12-16,18-19H2,(H,27,31). The molecule has 162 valence electrons. The maximum atomic E-state index is 12.6. The summed E-state index contributed by atoms with van der Waals surface area (Å²) in [5.41, 5.74) is 2.41. The number of benzene rings is 2. The summed E-state index contributed by atoms with van der Waals surface area (Å²) < 4.78 is 1.78. The minimum atomic E-state index is -0.00872. The average Bonchev–Trinajstić information content (AvgIpc) is 3.20. The molecule has 0 bridgehead atoms. The number of aromatic nitrogens is 2. The molecule has 0 aliphatic carbocycles. The Morgan fingerprint density at radius 2 is 1.68 bits per heavy atom. The monoisotopic (exact) mass is 437 g/mol. The summed E-state index contributed by atoms with van der Waals surface area (Å²) in [5, 5.41) is 8.03. The van der Waals surface area contributed by atoms with Crippen molar-refractivity contribution in [2.24, 2.45) is 0 Å². The number of carbonyl (C=O) groups excluding carboxylic acids is 1. The van der Waals surface area contributed by atoms with Gasteiger partial charge in [-0.05, 0) is 29.7 Å². The van der Waals surface area contributed by atoms with Gasteiger partial charge < -0.3 is 10.2 Å². The first-order valence-corrected chi connectivity index (χ1v) is 11.1. The minimum absolute atomic E-state index is 0.00872. The van der Waals surface area contributed by atoms with Gasteiger partial charge in [0, 0.05) is 43.8 Å². The van der Waals surface area contributed by atoms with Crippen LogP contribution >= 0.6 is 11.6 Å². The van der Waals surface area contributed by atoms with Crippen LogP contribution < -0.4 is 5.32 Å². The van der Waals surface area contributed by atoms with Crippen LogP contribution in [0.1, 0.15) is 11.1 Å². The number of hydrogen-bond acceptors (Lipinski definition) is 4. The third-order valence-electron chi connectivity index (χ3n) is 5.60. The second-order valence-corrected chi connectivity index (χ2v) is 8.34. The van der Waals surface area contributed by atoms with E-state index in [0.717, 1.165) is 44.7 Å². The van der Waals surface area contributed by atoms with Crippen molar-refractivity contribution in [3.05, 3.63) is 83.0 Å². The van der Waals surface area contributed by atoms with Gasteiger partial charge in [-0.25, -0.2) is 4.68 Å². The zero-order valence-corrected chi connectivity index (χ0v) is 18.3. The SMILES string of the molecule is O=C(CN1CCN(CCc2ccccc2)CC1)Nc1ccnn1Cc1cccc(Cl)c1. The van der Waals surface area contributed by atoms with Crippen LogP contribution in [0, 0.1) is 0 Å². The van der Waals surface area contributed by atoms with E-state index in [-0.39, 0.29) is 5.91 Å². The Morgan fingerprint density at radius 1 is 0.935 bits per heavy atom. The maximum absolute atomic E-state index is 12.6. The number of piperazine rings is 1. The Hall–Kier alpha value is -2.67. The zero-order chi connectivity index (χ0) is 21.5. The molecule has 0 atom stereocenters. The molecule has 1 N–H and O–H groups in total. The minimum Gasteiger partial charge on any atom is -0.310 e. The Morgan fingerprint density at radius 3 is 2.45 bits per heavy atom. The van der Waals surface area contributed by atoms with E-state index >= 15 is 0 Å².